The van der Waals surface area contributed by atoms with Crippen molar-refractivity contribution in [3.63, 3.8) is 0 Å². The molecule has 10 heavy (non-hydrogen) atoms. The van der Waals surface area contributed by atoms with Crippen LogP contribution in [0, 0.1) is 0 Å². The van der Waals surface area contributed by atoms with Crippen LogP contribution in [0.2, 0.25) is 0 Å². The van der Waals surface area contributed by atoms with Crippen molar-refractivity contribution in [3.8, 4) is 0 Å². The van der Waals surface area contributed by atoms with E-state index in [4.69, 9.17) is 19.8 Å². The second-order valence-corrected chi connectivity index (χ2v) is 1.04. The minimum absolute atomic E-state index is 0. The molecule has 0 saturated heterocycles. The maximum absolute atomic E-state index is 9.00. The van der Waals surface area contributed by atoms with E-state index in [-0.39, 0.29) is 46.7 Å². The van der Waals surface area contributed by atoms with Crippen LogP contribution < -0.4 is 6.15 Å². The zero-order valence-electron chi connectivity index (χ0n) is 8.13. The summed E-state index contributed by atoms with van der Waals surface area (Å²) >= 11 is 0. The number of aliphatic carboxylic acids is 2. The van der Waals surface area contributed by atoms with Gasteiger partial charge in [-0.2, -0.15) is 0 Å². The molecular formula is C4H13CaNO4. The molecule has 0 fully saturated rings. The summed E-state index contributed by atoms with van der Waals surface area (Å²) in [7, 11) is 0. The molecule has 0 aromatic rings. The Kier molecular flexibility index (Phi) is 36.1. The molecule has 0 aliphatic rings. The summed E-state index contributed by atoms with van der Waals surface area (Å²) in [6.07, 6.45) is 0. The van der Waals surface area contributed by atoms with Crippen LogP contribution in [0.5, 0.6) is 0 Å². The molecule has 0 aliphatic carbocycles. The zero-order valence-corrected chi connectivity index (χ0v) is 8.33. The van der Waals surface area contributed by atoms with Gasteiger partial charge < -0.3 is 19.2 Å². The minimum atomic E-state index is -0.833. The van der Waals surface area contributed by atoms with Crippen molar-refractivity contribution in [2.45, 2.75) is 13.8 Å². The number of carbonyl (C=O) groups is 2. The van der Waals surface area contributed by atoms with Gasteiger partial charge in [0.05, 0.1) is 0 Å². The van der Waals surface area contributed by atoms with E-state index < -0.39 is 11.9 Å². The number of carboxylic acids is 2. The Morgan fingerprint density at radius 2 is 1.10 bits per heavy atom. The average molecular weight is 179 g/mol. The Labute approximate surface area is 92.0 Å². The van der Waals surface area contributed by atoms with E-state index in [1.165, 1.54) is 0 Å². The largest absolute Gasteiger partial charge is 2.00 e. The van der Waals surface area contributed by atoms with Gasteiger partial charge in [0.1, 0.15) is 0 Å². The predicted octanol–water partition coefficient (Wildman–Crippen LogP) is 0.188. The molecule has 0 aliphatic heterocycles. The summed E-state index contributed by atoms with van der Waals surface area (Å²) in [6.45, 7) is 2.17. The van der Waals surface area contributed by atoms with Crippen molar-refractivity contribution >= 4 is 49.7 Å². The van der Waals surface area contributed by atoms with Gasteiger partial charge in [-0.05, 0) is 0 Å². The molecule has 0 heterocycles. The summed E-state index contributed by atoms with van der Waals surface area (Å²) in [4.78, 5) is 18.0. The van der Waals surface area contributed by atoms with E-state index in [0.717, 1.165) is 13.8 Å². The van der Waals surface area contributed by atoms with Gasteiger partial charge in [0.25, 0.3) is 11.9 Å². The second kappa shape index (κ2) is 16.1. The summed E-state index contributed by atoms with van der Waals surface area (Å²) in [5, 5.41) is 14.8. The molecule has 5 N–H and O–H groups in total. The smallest absolute Gasteiger partial charge is 1.00 e. The average Bonchev–Trinajstić information content (AvgIpc) is 1.25. The SMILES string of the molecule is CC(=O)O.CC(=O)O.N.[Ca+2].[H-].[H-]. The summed E-state index contributed by atoms with van der Waals surface area (Å²) in [5.74, 6) is -1.67. The van der Waals surface area contributed by atoms with Crippen LogP contribution in [0.1, 0.15) is 16.7 Å². The molecule has 0 aromatic carbocycles. The van der Waals surface area contributed by atoms with Gasteiger partial charge in [-0.15, -0.1) is 0 Å². The van der Waals surface area contributed by atoms with Gasteiger partial charge in [-0.3, -0.25) is 9.59 Å². The maximum atomic E-state index is 9.00. The maximum Gasteiger partial charge on any atom is 2.00 e. The van der Waals surface area contributed by atoms with Gasteiger partial charge in [0.2, 0.25) is 0 Å². The first-order valence-electron chi connectivity index (χ1n) is 1.86. The van der Waals surface area contributed by atoms with E-state index in [9.17, 15) is 0 Å². The first-order chi connectivity index (χ1) is 3.46. The quantitative estimate of drug-likeness (QED) is 0.460. The van der Waals surface area contributed by atoms with Crippen LogP contribution in [0.15, 0.2) is 0 Å². The fraction of sp³-hybridized carbons (Fsp3) is 0.500. The predicted molar refractivity (Wildman–Crippen MR) is 39.6 cm³/mol. The molecule has 60 valence electrons. The normalized spacial score (nSPS) is 5.00. The zero-order chi connectivity index (χ0) is 7.15. The molecule has 5 nitrogen and oxygen atoms in total. The van der Waals surface area contributed by atoms with Crippen LogP contribution in [-0.2, 0) is 9.59 Å². The van der Waals surface area contributed by atoms with Gasteiger partial charge >= 0.3 is 37.7 Å². The molecule has 0 unspecified atom stereocenters. The third-order valence-electron chi connectivity index (χ3n) is 0. The van der Waals surface area contributed by atoms with Crippen LogP contribution in [0.25, 0.3) is 0 Å². The van der Waals surface area contributed by atoms with Crippen molar-refractivity contribution < 1.29 is 22.7 Å². The van der Waals surface area contributed by atoms with Crippen molar-refractivity contribution in [1.29, 1.82) is 0 Å². The fourth-order valence-corrected chi connectivity index (χ4v) is 0. The minimum Gasteiger partial charge on any atom is -1.00 e. The molecule has 0 atom stereocenters. The van der Waals surface area contributed by atoms with Crippen LogP contribution in [0.3, 0.4) is 0 Å². The third kappa shape index (κ3) is 16400. The number of hydrogen-bond donors (Lipinski definition) is 3. The number of rotatable bonds is 0. The van der Waals surface area contributed by atoms with E-state index in [1.54, 1.807) is 0 Å². The van der Waals surface area contributed by atoms with Crippen molar-refractivity contribution in [2.75, 3.05) is 0 Å². The van der Waals surface area contributed by atoms with Crippen LogP contribution >= 0.6 is 0 Å². The fourth-order valence-electron chi connectivity index (χ4n) is 0. The molecule has 0 saturated carbocycles. The number of hydrogen-bond acceptors (Lipinski definition) is 3. The van der Waals surface area contributed by atoms with Crippen molar-refractivity contribution in [1.82, 2.24) is 6.15 Å². The standard InChI is InChI=1S/2C2H4O2.Ca.H3N.2H/c2*1-2(3)4;;;;/h2*1H3,(H,3,4);;1H3;;/q;;+2;;2*-1. The Hall–Kier alpha value is 0.160. The topological polar surface area (TPSA) is 110 Å². The molecule has 0 aromatic heterocycles. The van der Waals surface area contributed by atoms with Gasteiger partial charge in [-0.25, -0.2) is 0 Å². The van der Waals surface area contributed by atoms with Crippen LogP contribution in [-0.4, -0.2) is 59.9 Å². The van der Waals surface area contributed by atoms with Crippen LogP contribution in [0.4, 0.5) is 0 Å². The molecule has 0 spiro atoms. The van der Waals surface area contributed by atoms with E-state index in [0.29, 0.717) is 0 Å². The van der Waals surface area contributed by atoms with Gasteiger partial charge in [-0.1, -0.05) is 0 Å². The first kappa shape index (κ1) is 22.5. The Balaban J connectivity index is -0.0000000112. The third-order valence-corrected chi connectivity index (χ3v) is 0. The number of carboxylic acid groups (broad SMARTS) is 2. The molecule has 0 rings (SSSR count). The first-order valence-corrected chi connectivity index (χ1v) is 1.86. The molecular weight excluding hydrogens is 166 g/mol. The Bertz CT molecular complexity index is 83.1. The Morgan fingerprint density at radius 3 is 1.10 bits per heavy atom. The summed E-state index contributed by atoms with van der Waals surface area (Å²) in [5.41, 5.74) is 0. The second-order valence-electron chi connectivity index (χ2n) is 1.04. The molecule has 0 radical (unpaired) electrons. The molecule has 0 amide bonds. The summed E-state index contributed by atoms with van der Waals surface area (Å²) < 4.78 is 0. The van der Waals surface area contributed by atoms with Crippen molar-refractivity contribution in [3.05, 3.63) is 0 Å². The van der Waals surface area contributed by atoms with E-state index in [1.807, 2.05) is 0 Å². The van der Waals surface area contributed by atoms with Crippen molar-refractivity contribution in [2.24, 2.45) is 0 Å². The summed E-state index contributed by atoms with van der Waals surface area (Å²) in [6, 6.07) is 0. The molecule has 0 bridgehead atoms. The molecule has 6 heteroatoms. The monoisotopic (exact) mass is 179 g/mol. The van der Waals surface area contributed by atoms with Gasteiger partial charge in [0, 0.05) is 13.8 Å². The van der Waals surface area contributed by atoms with E-state index in [2.05, 4.69) is 0 Å². The van der Waals surface area contributed by atoms with Gasteiger partial charge in [0.15, 0.2) is 0 Å². The van der Waals surface area contributed by atoms with E-state index >= 15 is 0 Å². The Morgan fingerprint density at radius 1 is 1.10 bits per heavy atom.